The SMILES string of the molecule is CC[C@H](C)c1ccc(OCC(=O)Nc2ccc(Cl)cc2-c2nc3ccccc3s2)cc1. The third kappa shape index (κ3) is 5.06. The minimum absolute atomic E-state index is 0.0788. The van der Waals surface area contributed by atoms with Gasteiger partial charge in [0.15, 0.2) is 6.61 Å². The molecule has 0 unspecified atom stereocenters. The molecule has 0 aliphatic heterocycles. The lowest BCUT2D eigenvalue weighted by Crippen LogP contribution is -2.20. The van der Waals surface area contributed by atoms with Crippen LogP contribution < -0.4 is 10.1 Å². The minimum Gasteiger partial charge on any atom is -0.484 e. The van der Waals surface area contributed by atoms with Gasteiger partial charge in [-0.3, -0.25) is 4.79 Å². The number of para-hydroxylation sites is 1. The van der Waals surface area contributed by atoms with Crippen LogP contribution in [0.4, 0.5) is 5.69 Å². The van der Waals surface area contributed by atoms with Crippen molar-refractivity contribution in [1.82, 2.24) is 4.98 Å². The molecule has 4 rings (SSSR count). The Morgan fingerprint density at radius 1 is 1.13 bits per heavy atom. The fraction of sp³-hybridized carbons (Fsp3) is 0.200. The number of nitrogens with one attached hydrogen (secondary N) is 1. The molecule has 6 heteroatoms. The standard InChI is InChI=1S/C25H23ClN2O2S/c1-3-16(2)17-8-11-19(12-9-17)30-15-24(29)27-21-13-10-18(26)14-20(21)25-28-22-6-4-5-7-23(22)31-25/h4-14,16H,3,15H2,1-2H3,(H,27,29)/t16-/m0/s1. The van der Waals surface area contributed by atoms with Crippen LogP contribution in [0.3, 0.4) is 0 Å². The zero-order chi connectivity index (χ0) is 21.8. The van der Waals surface area contributed by atoms with Gasteiger partial charge in [0, 0.05) is 10.6 Å². The molecule has 1 N–H and O–H groups in total. The summed E-state index contributed by atoms with van der Waals surface area (Å²) in [7, 11) is 0. The molecule has 1 aromatic heterocycles. The number of halogens is 1. The van der Waals surface area contributed by atoms with Crippen molar-refractivity contribution in [1.29, 1.82) is 0 Å². The Hall–Kier alpha value is -2.89. The average molecular weight is 451 g/mol. The summed E-state index contributed by atoms with van der Waals surface area (Å²) in [4.78, 5) is 17.3. The van der Waals surface area contributed by atoms with Gasteiger partial charge in [-0.05, 0) is 60.4 Å². The van der Waals surface area contributed by atoms with Crippen molar-refractivity contribution in [2.45, 2.75) is 26.2 Å². The lowest BCUT2D eigenvalue weighted by atomic mass is 9.99. The maximum atomic E-state index is 12.6. The monoisotopic (exact) mass is 450 g/mol. The largest absolute Gasteiger partial charge is 0.484 e. The van der Waals surface area contributed by atoms with Gasteiger partial charge in [0.1, 0.15) is 10.8 Å². The highest BCUT2D eigenvalue weighted by molar-refractivity contribution is 7.21. The molecule has 1 heterocycles. The predicted molar refractivity (Wildman–Crippen MR) is 129 cm³/mol. The topological polar surface area (TPSA) is 51.2 Å². The van der Waals surface area contributed by atoms with Gasteiger partial charge < -0.3 is 10.1 Å². The van der Waals surface area contributed by atoms with Gasteiger partial charge in [0.2, 0.25) is 0 Å². The number of ether oxygens (including phenoxy) is 1. The smallest absolute Gasteiger partial charge is 0.262 e. The van der Waals surface area contributed by atoms with E-state index in [1.165, 1.54) is 5.56 Å². The van der Waals surface area contributed by atoms with Crippen molar-refractivity contribution in [2.75, 3.05) is 11.9 Å². The molecule has 4 aromatic rings. The number of amides is 1. The first kappa shape index (κ1) is 21.3. The number of thiazole rings is 1. The molecular formula is C25H23ClN2O2S. The Bertz CT molecular complexity index is 1170. The van der Waals surface area contributed by atoms with Crippen molar-refractivity contribution in [2.24, 2.45) is 0 Å². The Labute approximate surface area is 190 Å². The van der Waals surface area contributed by atoms with E-state index < -0.39 is 0 Å². The van der Waals surface area contributed by atoms with Crippen molar-refractivity contribution in [3.05, 3.63) is 77.3 Å². The number of hydrogen-bond donors (Lipinski definition) is 1. The molecule has 0 saturated carbocycles. The molecule has 1 atom stereocenters. The van der Waals surface area contributed by atoms with E-state index >= 15 is 0 Å². The number of aromatic nitrogens is 1. The van der Waals surface area contributed by atoms with E-state index in [2.05, 4.69) is 19.2 Å². The van der Waals surface area contributed by atoms with E-state index in [-0.39, 0.29) is 12.5 Å². The van der Waals surface area contributed by atoms with Gasteiger partial charge >= 0.3 is 0 Å². The van der Waals surface area contributed by atoms with Gasteiger partial charge in [-0.2, -0.15) is 0 Å². The summed E-state index contributed by atoms with van der Waals surface area (Å²) in [6, 6.07) is 21.2. The van der Waals surface area contributed by atoms with E-state index in [0.717, 1.165) is 27.2 Å². The molecular weight excluding hydrogens is 428 g/mol. The highest BCUT2D eigenvalue weighted by Crippen LogP contribution is 2.36. The number of nitrogens with zero attached hydrogens (tertiary/aromatic N) is 1. The lowest BCUT2D eigenvalue weighted by molar-refractivity contribution is -0.118. The fourth-order valence-corrected chi connectivity index (χ4v) is 4.42. The summed E-state index contributed by atoms with van der Waals surface area (Å²) in [5, 5.41) is 4.33. The molecule has 0 aliphatic carbocycles. The van der Waals surface area contributed by atoms with E-state index in [0.29, 0.717) is 22.4 Å². The van der Waals surface area contributed by atoms with Crippen LogP contribution in [0, 0.1) is 0 Å². The fourth-order valence-electron chi connectivity index (χ4n) is 3.25. The number of carbonyl (C=O) groups is 1. The zero-order valence-corrected chi connectivity index (χ0v) is 19.0. The maximum Gasteiger partial charge on any atom is 0.262 e. The lowest BCUT2D eigenvalue weighted by Gasteiger charge is -2.12. The first-order chi connectivity index (χ1) is 15.0. The molecule has 31 heavy (non-hydrogen) atoms. The molecule has 0 saturated heterocycles. The highest BCUT2D eigenvalue weighted by atomic mass is 35.5. The average Bonchev–Trinajstić information content (AvgIpc) is 3.23. The van der Waals surface area contributed by atoms with Crippen molar-refractivity contribution in [3.63, 3.8) is 0 Å². The second-order valence-electron chi connectivity index (χ2n) is 7.39. The van der Waals surface area contributed by atoms with Crippen LogP contribution in [0.1, 0.15) is 31.7 Å². The minimum atomic E-state index is -0.240. The number of rotatable bonds is 7. The summed E-state index contributed by atoms with van der Waals surface area (Å²) in [5.74, 6) is 0.934. The Kier molecular flexibility index (Phi) is 6.54. The van der Waals surface area contributed by atoms with Crippen LogP contribution >= 0.6 is 22.9 Å². The molecule has 158 valence electrons. The highest BCUT2D eigenvalue weighted by Gasteiger charge is 2.14. The summed E-state index contributed by atoms with van der Waals surface area (Å²) < 4.78 is 6.76. The third-order valence-electron chi connectivity index (χ3n) is 5.21. The van der Waals surface area contributed by atoms with Gasteiger partial charge in [-0.1, -0.05) is 49.7 Å². The van der Waals surface area contributed by atoms with E-state index in [1.807, 2.05) is 54.6 Å². The Balaban J connectivity index is 1.47. The molecule has 3 aromatic carbocycles. The third-order valence-corrected chi connectivity index (χ3v) is 6.52. The van der Waals surface area contributed by atoms with Crippen LogP contribution in [0.5, 0.6) is 5.75 Å². The molecule has 1 amide bonds. The number of anilines is 1. The quantitative estimate of drug-likeness (QED) is 0.325. The van der Waals surface area contributed by atoms with Crippen molar-refractivity contribution in [3.8, 4) is 16.3 Å². The summed E-state index contributed by atoms with van der Waals surface area (Å²) in [6.45, 7) is 4.28. The Morgan fingerprint density at radius 2 is 1.90 bits per heavy atom. The molecule has 4 nitrogen and oxygen atoms in total. The van der Waals surface area contributed by atoms with Crippen LogP contribution in [0.15, 0.2) is 66.7 Å². The molecule has 0 bridgehead atoms. The van der Waals surface area contributed by atoms with Crippen LogP contribution in [-0.4, -0.2) is 17.5 Å². The summed E-state index contributed by atoms with van der Waals surface area (Å²) in [5.41, 5.74) is 3.63. The number of hydrogen-bond acceptors (Lipinski definition) is 4. The van der Waals surface area contributed by atoms with Crippen molar-refractivity contribution < 1.29 is 9.53 Å². The number of carbonyl (C=O) groups excluding carboxylic acids is 1. The van der Waals surface area contributed by atoms with Gasteiger partial charge in [-0.25, -0.2) is 4.98 Å². The van der Waals surface area contributed by atoms with Crippen LogP contribution in [-0.2, 0) is 4.79 Å². The normalized spacial score (nSPS) is 12.0. The second-order valence-corrected chi connectivity index (χ2v) is 8.86. The van der Waals surface area contributed by atoms with E-state index in [9.17, 15) is 4.79 Å². The van der Waals surface area contributed by atoms with Gasteiger partial charge in [0.25, 0.3) is 5.91 Å². The molecule has 0 radical (unpaired) electrons. The van der Waals surface area contributed by atoms with Crippen LogP contribution in [0.25, 0.3) is 20.8 Å². The van der Waals surface area contributed by atoms with Crippen LogP contribution in [0.2, 0.25) is 5.02 Å². The van der Waals surface area contributed by atoms with Gasteiger partial charge in [0.05, 0.1) is 15.9 Å². The predicted octanol–water partition coefficient (Wildman–Crippen LogP) is 7.15. The second kappa shape index (κ2) is 9.50. The van der Waals surface area contributed by atoms with E-state index in [1.54, 1.807) is 23.5 Å². The van der Waals surface area contributed by atoms with E-state index in [4.69, 9.17) is 21.3 Å². The Morgan fingerprint density at radius 3 is 2.65 bits per heavy atom. The summed E-state index contributed by atoms with van der Waals surface area (Å²) >= 11 is 7.79. The first-order valence-electron chi connectivity index (χ1n) is 10.2. The molecule has 0 spiro atoms. The van der Waals surface area contributed by atoms with Crippen molar-refractivity contribution >= 4 is 44.7 Å². The first-order valence-corrected chi connectivity index (χ1v) is 11.4. The number of benzene rings is 3. The zero-order valence-electron chi connectivity index (χ0n) is 17.4. The molecule has 0 aliphatic rings. The van der Waals surface area contributed by atoms with Gasteiger partial charge in [-0.15, -0.1) is 11.3 Å². The number of fused-ring (bicyclic) bond motifs is 1. The maximum absolute atomic E-state index is 12.6. The summed E-state index contributed by atoms with van der Waals surface area (Å²) in [6.07, 6.45) is 1.08. The molecule has 0 fully saturated rings.